The lowest BCUT2D eigenvalue weighted by atomic mass is 9.91. The van der Waals surface area contributed by atoms with Crippen LogP contribution in [0.1, 0.15) is 24.8 Å². The van der Waals surface area contributed by atoms with E-state index in [1.807, 2.05) is 17.0 Å². The highest BCUT2D eigenvalue weighted by Crippen LogP contribution is 2.22. The molecule has 0 aromatic heterocycles. The molecule has 1 atom stereocenters. The highest BCUT2D eigenvalue weighted by Gasteiger charge is 2.29. The Balaban J connectivity index is 1.49. The summed E-state index contributed by atoms with van der Waals surface area (Å²) >= 11 is 0. The third kappa shape index (κ3) is 4.04. The van der Waals surface area contributed by atoms with E-state index >= 15 is 0 Å². The molecule has 0 bridgehead atoms. The summed E-state index contributed by atoms with van der Waals surface area (Å²) < 4.78 is 18.6. The number of rotatable bonds is 5. The van der Waals surface area contributed by atoms with E-state index in [9.17, 15) is 14.0 Å². The number of amides is 2. The van der Waals surface area contributed by atoms with Crippen molar-refractivity contribution in [2.45, 2.75) is 25.7 Å². The third-order valence-electron chi connectivity index (χ3n) is 4.82. The lowest BCUT2D eigenvalue weighted by Crippen LogP contribution is -2.45. The Labute approximate surface area is 141 Å². The van der Waals surface area contributed by atoms with Crippen molar-refractivity contribution in [1.82, 2.24) is 9.80 Å². The van der Waals surface area contributed by atoms with Crippen molar-refractivity contribution in [2.75, 3.05) is 32.8 Å². The highest BCUT2D eigenvalue weighted by molar-refractivity contribution is 5.83. The van der Waals surface area contributed by atoms with Crippen molar-refractivity contribution in [3.63, 3.8) is 0 Å². The standard InChI is InChI=1S/C18H23FN2O3/c19-16-6-2-1-5-15(16)8-7-14-4-3-9-20(12-14)17(22)13-21-10-11-24-18(21)23/h1-2,5-6,14H,3-4,7-13H2/t14-/m0/s1. The van der Waals surface area contributed by atoms with Gasteiger partial charge >= 0.3 is 6.09 Å². The average molecular weight is 334 g/mol. The van der Waals surface area contributed by atoms with E-state index in [2.05, 4.69) is 0 Å². The maximum atomic E-state index is 13.7. The number of piperidine rings is 1. The summed E-state index contributed by atoms with van der Waals surface area (Å²) in [5.41, 5.74) is 0.737. The molecule has 0 aliphatic carbocycles. The molecule has 2 heterocycles. The normalized spacial score (nSPS) is 21.0. The second-order valence-electron chi connectivity index (χ2n) is 6.51. The summed E-state index contributed by atoms with van der Waals surface area (Å²) in [4.78, 5) is 27.1. The molecule has 6 heteroatoms. The van der Waals surface area contributed by atoms with Crippen LogP contribution in [0, 0.1) is 11.7 Å². The summed E-state index contributed by atoms with van der Waals surface area (Å²) in [6.45, 7) is 2.36. The summed E-state index contributed by atoms with van der Waals surface area (Å²) in [6.07, 6.45) is 3.17. The van der Waals surface area contributed by atoms with Gasteiger partial charge < -0.3 is 9.64 Å². The fourth-order valence-electron chi connectivity index (χ4n) is 3.42. The van der Waals surface area contributed by atoms with Gasteiger partial charge in [-0.1, -0.05) is 18.2 Å². The Morgan fingerprint density at radius 1 is 1.29 bits per heavy atom. The summed E-state index contributed by atoms with van der Waals surface area (Å²) in [5.74, 6) is 0.200. The van der Waals surface area contributed by atoms with Crippen molar-refractivity contribution in [3.8, 4) is 0 Å². The fourth-order valence-corrected chi connectivity index (χ4v) is 3.42. The van der Waals surface area contributed by atoms with Crippen molar-refractivity contribution < 1.29 is 18.7 Å². The van der Waals surface area contributed by atoms with E-state index < -0.39 is 6.09 Å². The molecule has 24 heavy (non-hydrogen) atoms. The highest BCUT2D eigenvalue weighted by atomic mass is 19.1. The van der Waals surface area contributed by atoms with Crippen LogP contribution >= 0.6 is 0 Å². The molecule has 2 amide bonds. The Hall–Kier alpha value is -2.11. The molecule has 130 valence electrons. The Morgan fingerprint density at radius 2 is 2.12 bits per heavy atom. The minimum atomic E-state index is -0.406. The number of cyclic esters (lactones) is 1. The van der Waals surface area contributed by atoms with E-state index in [1.165, 1.54) is 11.0 Å². The lowest BCUT2D eigenvalue weighted by Gasteiger charge is -2.33. The number of hydrogen-bond donors (Lipinski definition) is 0. The SMILES string of the molecule is O=C(CN1CCOC1=O)N1CCC[C@@H](CCc2ccccc2F)C1. The quantitative estimate of drug-likeness (QED) is 0.831. The number of nitrogens with zero attached hydrogens (tertiary/aromatic N) is 2. The second-order valence-corrected chi connectivity index (χ2v) is 6.51. The van der Waals surface area contributed by atoms with Crippen LogP contribution in [-0.4, -0.2) is 54.6 Å². The summed E-state index contributed by atoms with van der Waals surface area (Å²) in [5, 5.41) is 0. The van der Waals surface area contributed by atoms with Gasteiger partial charge in [0.15, 0.2) is 0 Å². The van der Waals surface area contributed by atoms with Crippen molar-refractivity contribution in [3.05, 3.63) is 35.6 Å². The zero-order valence-electron chi connectivity index (χ0n) is 13.7. The van der Waals surface area contributed by atoms with Gasteiger partial charge in [0.2, 0.25) is 5.91 Å². The maximum Gasteiger partial charge on any atom is 0.410 e. The second kappa shape index (κ2) is 7.64. The molecule has 1 aromatic carbocycles. The largest absolute Gasteiger partial charge is 0.448 e. The minimum Gasteiger partial charge on any atom is -0.448 e. The van der Waals surface area contributed by atoms with Crippen LogP contribution in [-0.2, 0) is 16.0 Å². The molecule has 2 saturated heterocycles. The molecule has 0 unspecified atom stereocenters. The molecule has 0 saturated carbocycles. The van der Waals surface area contributed by atoms with Crippen LogP contribution in [0.5, 0.6) is 0 Å². The van der Waals surface area contributed by atoms with Crippen LogP contribution in [0.4, 0.5) is 9.18 Å². The molecule has 0 N–H and O–H groups in total. The average Bonchev–Trinajstić information content (AvgIpc) is 2.99. The zero-order chi connectivity index (χ0) is 16.9. The molecule has 2 aliphatic heterocycles. The number of benzene rings is 1. The van der Waals surface area contributed by atoms with Gasteiger partial charge in [0.25, 0.3) is 0 Å². The predicted molar refractivity (Wildman–Crippen MR) is 86.9 cm³/mol. The van der Waals surface area contributed by atoms with Gasteiger partial charge in [-0.2, -0.15) is 0 Å². The van der Waals surface area contributed by atoms with Crippen molar-refractivity contribution in [1.29, 1.82) is 0 Å². The molecule has 0 spiro atoms. The topological polar surface area (TPSA) is 49.9 Å². The number of carbonyl (C=O) groups excluding carboxylic acids is 2. The van der Waals surface area contributed by atoms with Crippen LogP contribution in [0.15, 0.2) is 24.3 Å². The zero-order valence-corrected chi connectivity index (χ0v) is 13.7. The van der Waals surface area contributed by atoms with E-state index in [4.69, 9.17) is 4.74 Å². The molecular weight excluding hydrogens is 311 g/mol. The number of hydrogen-bond acceptors (Lipinski definition) is 3. The van der Waals surface area contributed by atoms with Crippen molar-refractivity contribution >= 4 is 12.0 Å². The predicted octanol–water partition coefficient (Wildman–Crippen LogP) is 2.45. The van der Waals surface area contributed by atoms with Crippen LogP contribution in [0.25, 0.3) is 0 Å². The Bertz CT molecular complexity index is 608. The van der Waals surface area contributed by atoms with E-state index in [1.54, 1.807) is 6.07 Å². The molecule has 0 radical (unpaired) electrons. The first-order chi connectivity index (χ1) is 11.6. The fraction of sp³-hybridized carbons (Fsp3) is 0.556. The summed E-state index contributed by atoms with van der Waals surface area (Å²) in [6, 6.07) is 6.86. The van der Waals surface area contributed by atoms with Crippen LogP contribution in [0.2, 0.25) is 0 Å². The number of halogens is 1. The maximum absolute atomic E-state index is 13.7. The van der Waals surface area contributed by atoms with Crippen LogP contribution < -0.4 is 0 Å². The minimum absolute atomic E-state index is 0.0237. The van der Waals surface area contributed by atoms with Gasteiger partial charge in [-0.15, -0.1) is 0 Å². The van der Waals surface area contributed by atoms with Crippen molar-refractivity contribution in [2.24, 2.45) is 5.92 Å². The molecule has 3 rings (SSSR count). The van der Waals surface area contributed by atoms with Gasteiger partial charge in [-0.05, 0) is 43.2 Å². The Kier molecular flexibility index (Phi) is 5.33. The Morgan fingerprint density at radius 3 is 2.88 bits per heavy atom. The van der Waals surface area contributed by atoms with Crippen LogP contribution in [0.3, 0.4) is 0 Å². The number of aryl methyl sites for hydroxylation is 1. The number of carbonyl (C=O) groups is 2. The summed E-state index contributed by atoms with van der Waals surface area (Å²) in [7, 11) is 0. The first-order valence-corrected chi connectivity index (χ1v) is 8.56. The van der Waals surface area contributed by atoms with E-state index in [0.717, 1.165) is 31.4 Å². The monoisotopic (exact) mass is 334 g/mol. The molecule has 2 fully saturated rings. The number of ether oxygens (including phenoxy) is 1. The van der Waals surface area contributed by atoms with Gasteiger partial charge in [0.05, 0.1) is 6.54 Å². The molecule has 5 nitrogen and oxygen atoms in total. The number of likely N-dealkylation sites (tertiary alicyclic amines) is 1. The third-order valence-corrected chi connectivity index (χ3v) is 4.82. The first-order valence-electron chi connectivity index (χ1n) is 8.56. The molecule has 2 aliphatic rings. The lowest BCUT2D eigenvalue weighted by molar-refractivity contribution is -0.133. The first kappa shape index (κ1) is 16.7. The van der Waals surface area contributed by atoms with Gasteiger partial charge in [0.1, 0.15) is 19.0 Å². The molecule has 1 aromatic rings. The molecular formula is C18H23FN2O3. The van der Waals surface area contributed by atoms with E-state index in [-0.39, 0.29) is 18.3 Å². The smallest absolute Gasteiger partial charge is 0.410 e. The van der Waals surface area contributed by atoms with Gasteiger partial charge in [0, 0.05) is 13.1 Å². The van der Waals surface area contributed by atoms with E-state index in [0.29, 0.717) is 32.0 Å². The van der Waals surface area contributed by atoms with Gasteiger partial charge in [-0.3, -0.25) is 9.69 Å². The van der Waals surface area contributed by atoms with Gasteiger partial charge in [-0.25, -0.2) is 9.18 Å².